The summed E-state index contributed by atoms with van der Waals surface area (Å²) in [6, 6.07) is 9.74. The molecule has 2 heterocycles. The first-order valence-electron chi connectivity index (χ1n) is 9.83. The normalized spacial score (nSPS) is 33.0. The third-order valence-corrected chi connectivity index (χ3v) is 6.39. The van der Waals surface area contributed by atoms with E-state index < -0.39 is 17.3 Å². The first-order valence-corrected chi connectivity index (χ1v) is 10.7. The van der Waals surface area contributed by atoms with Crippen LogP contribution in [0.4, 0.5) is 0 Å². The molecule has 2 aliphatic rings. The maximum Gasteiger partial charge on any atom is 0.308 e. The molecule has 0 saturated carbocycles. The van der Waals surface area contributed by atoms with Crippen LogP contribution in [0.5, 0.6) is 0 Å². The lowest BCUT2D eigenvalue weighted by Gasteiger charge is -2.27. The molecule has 6 nitrogen and oxygen atoms in total. The molecule has 0 aliphatic carbocycles. The zero-order valence-corrected chi connectivity index (χ0v) is 17.7. The molecule has 7 heteroatoms. The lowest BCUT2D eigenvalue weighted by molar-refractivity contribution is -0.161. The number of aliphatic hydroxyl groups is 1. The molecule has 0 radical (unpaired) electrons. The molecule has 1 aromatic rings. The van der Waals surface area contributed by atoms with E-state index in [9.17, 15) is 9.90 Å². The highest BCUT2D eigenvalue weighted by Crippen LogP contribution is 2.44. The van der Waals surface area contributed by atoms with E-state index in [4.69, 9.17) is 18.9 Å². The van der Waals surface area contributed by atoms with Gasteiger partial charge in [0, 0.05) is 10.8 Å². The Morgan fingerprint density at radius 1 is 1.36 bits per heavy atom. The van der Waals surface area contributed by atoms with Crippen molar-refractivity contribution in [2.75, 3.05) is 13.2 Å². The van der Waals surface area contributed by atoms with Crippen LogP contribution in [0.25, 0.3) is 0 Å². The van der Waals surface area contributed by atoms with Crippen LogP contribution in [0.2, 0.25) is 0 Å². The van der Waals surface area contributed by atoms with Crippen LogP contribution >= 0.6 is 11.8 Å². The molecule has 0 spiro atoms. The van der Waals surface area contributed by atoms with Gasteiger partial charge in [-0.2, -0.15) is 0 Å². The summed E-state index contributed by atoms with van der Waals surface area (Å²) in [7, 11) is 0. The number of rotatable bonds is 7. The average Bonchev–Trinajstić information content (AvgIpc) is 3.15. The first-order chi connectivity index (χ1) is 13.3. The molecule has 2 fully saturated rings. The number of hydrogen-bond donors (Lipinski definition) is 1. The third-order valence-electron chi connectivity index (χ3n) is 5.29. The van der Waals surface area contributed by atoms with E-state index in [2.05, 4.69) is 0 Å². The standard InChI is InChI=1S/C21H30O6S/c1-5-24-17(22)11-15-18(20(23)28-14-9-7-6-8-10-14)13(2)19(26-15)16-12-25-21(3,4)27-16/h6-10,13,15-16,18-20,23H,5,11-12H2,1-4H3. The van der Waals surface area contributed by atoms with Gasteiger partial charge >= 0.3 is 5.97 Å². The zero-order valence-electron chi connectivity index (χ0n) is 16.9. The highest BCUT2D eigenvalue weighted by molar-refractivity contribution is 7.99. The highest BCUT2D eigenvalue weighted by atomic mass is 32.2. The Bertz CT molecular complexity index is 652. The number of carbonyl (C=O) groups excluding carboxylic acids is 1. The molecule has 28 heavy (non-hydrogen) atoms. The minimum absolute atomic E-state index is 0.00635. The van der Waals surface area contributed by atoms with E-state index in [-0.39, 0.29) is 36.4 Å². The SMILES string of the molecule is CCOC(=O)CC1OC(C2COC(C)(C)O2)C(C)C1C(O)Sc1ccccc1. The van der Waals surface area contributed by atoms with Crippen molar-refractivity contribution in [3.63, 3.8) is 0 Å². The van der Waals surface area contributed by atoms with E-state index in [0.717, 1.165) is 4.90 Å². The summed E-state index contributed by atoms with van der Waals surface area (Å²) < 4.78 is 23.1. The summed E-state index contributed by atoms with van der Waals surface area (Å²) >= 11 is 1.38. The summed E-state index contributed by atoms with van der Waals surface area (Å²) in [6.07, 6.45) is -0.800. The second-order valence-corrected chi connectivity index (χ2v) is 8.96. The Balaban J connectivity index is 1.75. The van der Waals surface area contributed by atoms with Gasteiger partial charge in [-0.1, -0.05) is 36.9 Å². The maximum absolute atomic E-state index is 12.1. The Kier molecular flexibility index (Phi) is 7.04. The van der Waals surface area contributed by atoms with Crippen molar-refractivity contribution in [2.45, 2.75) is 68.5 Å². The number of hydrogen-bond acceptors (Lipinski definition) is 7. The summed E-state index contributed by atoms with van der Waals surface area (Å²) in [5.41, 5.74) is -0.711. The highest BCUT2D eigenvalue weighted by Gasteiger charge is 2.52. The van der Waals surface area contributed by atoms with Crippen molar-refractivity contribution >= 4 is 17.7 Å². The number of ether oxygens (including phenoxy) is 4. The van der Waals surface area contributed by atoms with Crippen molar-refractivity contribution < 1.29 is 28.8 Å². The van der Waals surface area contributed by atoms with E-state index in [1.807, 2.05) is 51.1 Å². The molecule has 3 rings (SSSR count). The second kappa shape index (κ2) is 9.13. The number of aliphatic hydroxyl groups excluding tert-OH is 1. The third kappa shape index (κ3) is 5.07. The van der Waals surface area contributed by atoms with Crippen molar-refractivity contribution in [1.29, 1.82) is 0 Å². The van der Waals surface area contributed by atoms with Gasteiger partial charge in [0.15, 0.2) is 5.79 Å². The molecule has 156 valence electrons. The summed E-state index contributed by atoms with van der Waals surface area (Å²) in [5, 5.41) is 11.0. The smallest absolute Gasteiger partial charge is 0.308 e. The first kappa shape index (κ1) is 21.6. The van der Waals surface area contributed by atoms with Crippen LogP contribution in [-0.4, -0.2) is 53.8 Å². The van der Waals surface area contributed by atoms with Crippen LogP contribution < -0.4 is 0 Å². The molecule has 6 atom stereocenters. The van der Waals surface area contributed by atoms with Gasteiger partial charge in [0.1, 0.15) is 11.5 Å². The Labute approximate surface area is 170 Å². The van der Waals surface area contributed by atoms with Gasteiger partial charge in [0.2, 0.25) is 0 Å². The maximum atomic E-state index is 12.1. The van der Waals surface area contributed by atoms with Crippen LogP contribution in [0.3, 0.4) is 0 Å². The van der Waals surface area contributed by atoms with Crippen molar-refractivity contribution in [2.24, 2.45) is 11.8 Å². The van der Waals surface area contributed by atoms with Gasteiger partial charge < -0.3 is 24.1 Å². The fourth-order valence-corrected chi connectivity index (χ4v) is 5.18. The van der Waals surface area contributed by atoms with Gasteiger partial charge in [-0.3, -0.25) is 4.79 Å². The molecular formula is C21H30O6S. The molecule has 0 aromatic heterocycles. The van der Waals surface area contributed by atoms with E-state index in [0.29, 0.717) is 13.2 Å². The van der Waals surface area contributed by atoms with Crippen LogP contribution in [0.15, 0.2) is 35.2 Å². The van der Waals surface area contributed by atoms with Crippen LogP contribution in [0.1, 0.15) is 34.1 Å². The predicted octanol–water partition coefficient (Wildman–Crippen LogP) is 3.22. The molecule has 6 unspecified atom stereocenters. The van der Waals surface area contributed by atoms with E-state index >= 15 is 0 Å². The minimum atomic E-state index is -0.711. The second-order valence-electron chi connectivity index (χ2n) is 7.77. The zero-order chi connectivity index (χ0) is 20.3. The minimum Gasteiger partial charge on any atom is -0.466 e. The predicted molar refractivity (Wildman–Crippen MR) is 106 cm³/mol. The molecule has 1 aromatic carbocycles. The van der Waals surface area contributed by atoms with Gasteiger partial charge in [-0.05, 0) is 38.8 Å². The van der Waals surface area contributed by atoms with E-state index in [1.165, 1.54) is 11.8 Å². The molecule has 2 aliphatic heterocycles. The van der Waals surface area contributed by atoms with Crippen molar-refractivity contribution in [1.82, 2.24) is 0 Å². The Hall–Kier alpha value is -1.12. The Morgan fingerprint density at radius 3 is 2.68 bits per heavy atom. The average molecular weight is 411 g/mol. The summed E-state index contributed by atoms with van der Waals surface area (Å²) in [5.74, 6) is -1.20. The fourth-order valence-electron chi connectivity index (χ4n) is 4.01. The van der Waals surface area contributed by atoms with Gasteiger partial charge in [-0.15, -0.1) is 0 Å². The monoisotopic (exact) mass is 410 g/mol. The lowest BCUT2D eigenvalue weighted by Crippen LogP contribution is -2.36. The molecular weight excluding hydrogens is 380 g/mol. The van der Waals surface area contributed by atoms with Crippen molar-refractivity contribution in [3.8, 4) is 0 Å². The summed E-state index contributed by atoms with van der Waals surface area (Å²) in [6.45, 7) is 8.33. The quantitative estimate of drug-likeness (QED) is 0.420. The van der Waals surface area contributed by atoms with Gasteiger partial charge in [0.05, 0.1) is 31.8 Å². The number of carbonyl (C=O) groups is 1. The number of benzene rings is 1. The number of esters is 1. The van der Waals surface area contributed by atoms with E-state index in [1.54, 1.807) is 6.92 Å². The number of thioether (sulfide) groups is 1. The lowest BCUT2D eigenvalue weighted by atomic mass is 9.86. The van der Waals surface area contributed by atoms with Crippen LogP contribution in [0, 0.1) is 11.8 Å². The fraction of sp³-hybridized carbons (Fsp3) is 0.667. The van der Waals surface area contributed by atoms with Gasteiger partial charge in [-0.25, -0.2) is 0 Å². The molecule has 1 N–H and O–H groups in total. The molecule has 2 saturated heterocycles. The topological polar surface area (TPSA) is 74.2 Å². The molecule has 0 bridgehead atoms. The van der Waals surface area contributed by atoms with Crippen molar-refractivity contribution in [3.05, 3.63) is 30.3 Å². The Morgan fingerprint density at radius 2 is 2.07 bits per heavy atom. The molecule has 0 amide bonds. The van der Waals surface area contributed by atoms with Crippen LogP contribution in [-0.2, 0) is 23.7 Å². The largest absolute Gasteiger partial charge is 0.466 e. The summed E-state index contributed by atoms with van der Waals surface area (Å²) in [4.78, 5) is 13.1. The van der Waals surface area contributed by atoms with Gasteiger partial charge in [0.25, 0.3) is 0 Å².